The molecule has 100 valence electrons. The Morgan fingerprint density at radius 3 is 2.72 bits per heavy atom. The van der Waals surface area contributed by atoms with Gasteiger partial charge in [0, 0.05) is 4.47 Å². The molecule has 1 aromatic carbocycles. The molecule has 1 N–H and O–H groups in total. The van der Waals surface area contributed by atoms with Gasteiger partial charge in [-0.3, -0.25) is 0 Å². The molecular weight excluding hydrogens is 288 g/mol. The number of halogens is 1. The van der Waals surface area contributed by atoms with Crippen molar-refractivity contribution in [2.45, 2.75) is 51.6 Å². The highest BCUT2D eigenvalue weighted by atomic mass is 79.9. The fourth-order valence-corrected chi connectivity index (χ4v) is 3.95. The minimum Gasteiger partial charge on any atom is -0.385 e. The predicted octanol–water partition coefficient (Wildman–Crippen LogP) is 4.87. The Morgan fingerprint density at radius 2 is 2.06 bits per heavy atom. The maximum atomic E-state index is 11.0. The van der Waals surface area contributed by atoms with Crippen LogP contribution in [0.2, 0.25) is 0 Å². The van der Waals surface area contributed by atoms with E-state index >= 15 is 0 Å². The molecule has 18 heavy (non-hydrogen) atoms. The zero-order chi connectivity index (χ0) is 13.2. The summed E-state index contributed by atoms with van der Waals surface area (Å²) in [4.78, 5) is 0. The molecule has 3 unspecified atom stereocenters. The van der Waals surface area contributed by atoms with Crippen LogP contribution in [0.5, 0.6) is 0 Å². The van der Waals surface area contributed by atoms with Gasteiger partial charge in [0.15, 0.2) is 0 Å². The van der Waals surface area contributed by atoms with Crippen LogP contribution in [0.3, 0.4) is 0 Å². The first-order chi connectivity index (χ1) is 8.55. The van der Waals surface area contributed by atoms with Crippen molar-refractivity contribution in [3.63, 3.8) is 0 Å². The maximum absolute atomic E-state index is 11.0. The number of rotatable bonds is 3. The molecule has 0 aliphatic heterocycles. The van der Waals surface area contributed by atoms with E-state index in [0.29, 0.717) is 5.92 Å². The fourth-order valence-electron chi connectivity index (χ4n) is 3.26. The number of hydrogen-bond acceptors (Lipinski definition) is 1. The molecule has 3 atom stereocenters. The largest absolute Gasteiger partial charge is 0.385 e. The third-order valence-electron chi connectivity index (χ3n) is 4.57. The standard InChI is InChI=1S/C16H23BrO/c1-3-12-7-6-8-13(11-12)16(2,18)14-9-4-5-10-15(14)17/h4-5,9-10,12-13,18H,3,6-8,11H2,1-2H3. The van der Waals surface area contributed by atoms with Gasteiger partial charge in [-0.1, -0.05) is 60.3 Å². The molecule has 1 aliphatic carbocycles. The summed E-state index contributed by atoms with van der Waals surface area (Å²) >= 11 is 3.57. The molecule has 1 saturated carbocycles. The number of hydrogen-bond donors (Lipinski definition) is 1. The fraction of sp³-hybridized carbons (Fsp3) is 0.625. The third kappa shape index (κ3) is 2.80. The van der Waals surface area contributed by atoms with Crippen molar-refractivity contribution in [1.29, 1.82) is 0 Å². The van der Waals surface area contributed by atoms with Gasteiger partial charge in [0.05, 0.1) is 5.60 Å². The zero-order valence-corrected chi connectivity index (χ0v) is 12.9. The molecule has 2 rings (SSSR count). The molecule has 1 aliphatic rings. The van der Waals surface area contributed by atoms with E-state index in [0.717, 1.165) is 28.8 Å². The van der Waals surface area contributed by atoms with Crippen LogP contribution < -0.4 is 0 Å². The van der Waals surface area contributed by atoms with Crippen molar-refractivity contribution in [3.8, 4) is 0 Å². The van der Waals surface area contributed by atoms with Gasteiger partial charge >= 0.3 is 0 Å². The highest BCUT2D eigenvalue weighted by Crippen LogP contribution is 2.43. The van der Waals surface area contributed by atoms with E-state index in [1.165, 1.54) is 19.3 Å². The van der Waals surface area contributed by atoms with Gasteiger partial charge in [-0.2, -0.15) is 0 Å². The van der Waals surface area contributed by atoms with Crippen molar-refractivity contribution in [2.24, 2.45) is 11.8 Å². The summed E-state index contributed by atoms with van der Waals surface area (Å²) in [5, 5.41) is 11.0. The second-order valence-electron chi connectivity index (χ2n) is 5.77. The van der Waals surface area contributed by atoms with E-state index < -0.39 is 5.60 Å². The Balaban J connectivity index is 2.22. The Morgan fingerprint density at radius 1 is 1.33 bits per heavy atom. The van der Waals surface area contributed by atoms with E-state index in [9.17, 15) is 5.11 Å². The van der Waals surface area contributed by atoms with Gasteiger partial charge in [-0.25, -0.2) is 0 Å². The summed E-state index contributed by atoms with van der Waals surface area (Å²) in [5.74, 6) is 1.17. The van der Waals surface area contributed by atoms with Gasteiger partial charge in [0.25, 0.3) is 0 Å². The summed E-state index contributed by atoms with van der Waals surface area (Å²) in [5.41, 5.74) is 0.320. The van der Waals surface area contributed by atoms with Crippen LogP contribution in [-0.2, 0) is 5.60 Å². The minimum atomic E-state index is -0.714. The summed E-state index contributed by atoms with van der Waals surface area (Å²) in [7, 11) is 0. The molecule has 0 bridgehead atoms. The number of aliphatic hydroxyl groups is 1. The molecule has 1 aromatic rings. The Kier molecular flexibility index (Phi) is 4.50. The summed E-state index contributed by atoms with van der Waals surface area (Å²) in [6, 6.07) is 8.07. The highest BCUT2D eigenvalue weighted by Gasteiger charge is 2.37. The lowest BCUT2D eigenvalue weighted by atomic mass is 9.70. The Bertz CT molecular complexity index is 400. The van der Waals surface area contributed by atoms with E-state index in [2.05, 4.69) is 22.9 Å². The second kappa shape index (κ2) is 5.75. The quantitative estimate of drug-likeness (QED) is 0.844. The SMILES string of the molecule is CCC1CCCC(C(C)(O)c2ccccc2Br)C1. The predicted molar refractivity (Wildman–Crippen MR) is 79.5 cm³/mol. The van der Waals surface area contributed by atoms with Crippen molar-refractivity contribution in [1.82, 2.24) is 0 Å². The highest BCUT2D eigenvalue weighted by molar-refractivity contribution is 9.10. The maximum Gasteiger partial charge on any atom is 0.0907 e. The molecule has 0 amide bonds. The first-order valence-electron chi connectivity index (χ1n) is 7.03. The van der Waals surface area contributed by atoms with Gasteiger partial charge in [-0.15, -0.1) is 0 Å². The Hall–Kier alpha value is -0.340. The van der Waals surface area contributed by atoms with Crippen LogP contribution in [0.15, 0.2) is 28.7 Å². The molecule has 0 spiro atoms. The van der Waals surface area contributed by atoms with Crippen LogP contribution in [0, 0.1) is 11.8 Å². The normalized spacial score (nSPS) is 27.8. The van der Waals surface area contributed by atoms with E-state index in [4.69, 9.17) is 0 Å². The lowest BCUT2D eigenvalue weighted by molar-refractivity contribution is -0.0317. The first kappa shape index (κ1) is 14.1. The lowest BCUT2D eigenvalue weighted by Gasteiger charge is -2.39. The lowest BCUT2D eigenvalue weighted by Crippen LogP contribution is -2.35. The number of benzene rings is 1. The van der Waals surface area contributed by atoms with Crippen LogP contribution in [-0.4, -0.2) is 5.11 Å². The average Bonchev–Trinajstić information content (AvgIpc) is 2.39. The zero-order valence-electron chi connectivity index (χ0n) is 11.3. The molecule has 0 aromatic heterocycles. The van der Waals surface area contributed by atoms with E-state index in [1.807, 2.05) is 31.2 Å². The van der Waals surface area contributed by atoms with Crippen LogP contribution in [0.1, 0.15) is 51.5 Å². The van der Waals surface area contributed by atoms with Crippen molar-refractivity contribution < 1.29 is 5.11 Å². The van der Waals surface area contributed by atoms with Gasteiger partial charge < -0.3 is 5.11 Å². The molecule has 0 radical (unpaired) electrons. The smallest absolute Gasteiger partial charge is 0.0907 e. The van der Waals surface area contributed by atoms with Crippen molar-refractivity contribution in [2.75, 3.05) is 0 Å². The van der Waals surface area contributed by atoms with Gasteiger partial charge in [0.1, 0.15) is 0 Å². The molecule has 0 saturated heterocycles. The summed E-state index contributed by atoms with van der Waals surface area (Å²) in [6.07, 6.45) is 6.13. The third-order valence-corrected chi connectivity index (χ3v) is 5.27. The van der Waals surface area contributed by atoms with Crippen LogP contribution >= 0.6 is 15.9 Å². The molecule has 1 fully saturated rings. The molecular formula is C16H23BrO. The molecule has 2 heteroatoms. The van der Waals surface area contributed by atoms with Crippen molar-refractivity contribution >= 4 is 15.9 Å². The van der Waals surface area contributed by atoms with Crippen LogP contribution in [0.25, 0.3) is 0 Å². The van der Waals surface area contributed by atoms with E-state index in [1.54, 1.807) is 0 Å². The Labute approximate surface area is 119 Å². The van der Waals surface area contributed by atoms with Gasteiger partial charge in [0.2, 0.25) is 0 Å². The second-order valence-corrected chi connectivity index (χ2v) is 6.62. The molecule has 1 nitrogen and oxygen atoms in total. The van der Waals surface area contributed by atoms with Crippen LogP contribution in [0.4, 0.5) is 0 Å². The van der Waals surface area contributed by atoms with Gasteiger partial charge in [-0.05, 0) is 43.2 Å². The monoisotopic (exact) mass is 310 g/mol. The average molecular weight is 311 g/mol. The summed E-state index contributed by atoms with van der Waals surface area (Å²) in [6.45, 7) is 4.25. The van der Waals surface area contributed by atoms with Crippen molar-refractivity contribution in [3.05, 3.63) is 34.3 Å². The summed E-state index contributed by atoms with van der Waals surface area (Å²) < 4.78 is 1.02. The topological polar surface area (TPSA) is 20.2 Å². The molecule has 0 heterocycles. The minimum absolute atomic E-state index is 0.384. The van der Waals surface area contributed by atoms with E-state index in [-0.39, 0.29) is 0 Å². The first-order valence-corrected chi connectivity index (χ1v) is 7.82.